The van der Waals surface area contributed by atoms with Gasteiger partial charge in [-0.2, -0.15) is 0 Å². The fraction of sp³-hybridized carbons (Fsp3) is 0.938. The summed E-state index contributed by atoms with van der Waals surface area (Å²) in [7, 11) is 1.98. The first kappa shape index (κ1) is 16.5. The number of hydrogen-bond acceptors (Lipinski definition) is 2. The lowest BCUT2D eigenvalue weighted by molar-refractivity contribution is -0.134. The van der Waals surface area contributed by atoms with Gasteiger partial charge >= 0.3 is 0 Å². The lowest BCUT2D eigenvalue weighted by Crippen LogP contribution is -2.35. The Morgan fingerprint density at radius 2 is 2.00 bits per heavy atom. The maximum atomic E-state index is 12.4. The summed E-state index contributed by atoms with van der Waals surface area (Å²) in [6, 6.07) is 0. The smallest absolute Gasteiger partial charge is 0.225 e. The summed E-state index contributed by atoms with van der Waals surface area (Å²) < 4.78 is 0. The van der Waals surface area contributed by atoms with Crippen molar-refractivity contribution >= 4 is 5.91 Å². The first-order valence-electron chi connectivity index (χ1n) is 8.14. The Morgan fingerprint density at radius 1 is 1.32 bits per heavy atom. The number of nitrogens with one attached hydrogen (secondary N) is 1. The molecule has 19 heavy (non-hydrogen) atoms. The quantitative estimate of drug-likeness (QED) is 0.734. The summed E-state index contributed by atoms with van der Waals surface area (Å²) in [5.41, 5.74) is 0. The Balaban J connectivity index is 2.29. The Bertz CT molecular complexity index is 249. The number of hydrogen-bond donors (Lipinski definition) is 1. The summed E-state index contributed by atoms with van der Waals surface area (Å²) >= 11 is 0. The second-order valence-corrected chi connectivity index (χ2v) is 5.99. The van der Waals surface area contributed by atoms with E-state index in [1.54, 1.807) is 0 Å². The molecule has 3 nitrogen and oxygen atoms in total. The fourth-order valence-electron chi connectivity index (χ4n) is 2.92. The Labute approximate surface area is 119 Å². The second-order valence-electron chi connectivity index (χ2n) is 5.99. The number of rotatable bonds is 8. The monoisotopic (exact) mass is 268 g/mol. The topological polar surface area (TPSA) is 32.3 Å². The van der Waals surface area contributed by atoms with Crippen LogP contribution in [0.4, 0.5) is 0 Å². The molecule has 1 unspecified atom stereocenters. The van der Waals surface area contributed by atoms with Gasteiger partial charge in [0.05, 0.1) is 0 Å². The van der Waals surface area contributed by atoms with Crippen LogP contribution in [-0.2, 0) is 4.79 Å². The summed E-state index contributed by atoms with van der Waals surface area (Å²) in [5, 5.41) is 3.40. The molecule has 1 saturated heterocycles. The number of unbranched alkanes of at least 4 members (excludes halogenated alkanes) is 1. The zero-order chi connectivity index (χ0) is 14.1. The second kappa shape index (κ2) is 9.35. The summed E-state index contributed by atoms with van der Waals surface area (Å²) in [6.07, 6.45) is 8.12. The number of amides is 1. The molecule has 0 spiro atoms. The van der Waals surface area contributed by atoms with Gasteiger partial charge in [0.2, 0.25) is 5.91 Å². The third kappa shape index (κ3) is 5.94. The van der Waals surface area contributed by atoms with Crippen LogP contribution >= 0.6 is 0 Å². The highest BCUT2D eigenvalue weighted by atomic mass is 16.2. The molecule has 0 aromatic carbocycles. The predicted octanol–water partition coefficient (Wildman–Crippen LogP) is 3.05. The van der Waals surface area contributed by atoms with Crippen LogP contribution in [0.3, 0.4) is 0 Å². The fourth-order valence-corrected chi connectivity index (χ4v) is 2.92. The molecule has 0 aromatic heterocycles. The van der Waals surface area contributed by atoms with Gasteiger partial charge < -0.3 is 10.2 Å². The Kier molecular flexibility index (Phi) is 8.11. The van der Waals surface area contributed by atoms with Crippen LogP contribution in [0.25, 0.3) is 0 Å². The van der Waals surface area contributed by atoms with Crippen molar-refractivity contribution in [3.05, 3.63) is 0 Å². The highest BCUT2D eigenvalue weighted by Gasteiger charge is 2.21. The first-order valence-corrected chi connectivity index (χ1v) is 8.14. The van der Waals surface area contributed by atoms with Gasteiger partial charge in [-0.25, -0.2) is 0 Å². The largest absolute Gasteiger partial charge is 0.346 e. The van der Waals surface area contributed by atoms with Gasteiger partial charge in [-0.15, -0.1) is 0 Å². The van der Waals surface area contributed by atoms with Crippen molar-refractivity contribution in [2.75, 3.05) is 26.7 Å². The molecule has 0 bridgehead atoms. The minimum atomic E-state index is 0.248. The zero-order valence-electron chi connectivity index (χ0n) is 13.1. The number of carbonyl (C=O) groups is 1. The molecule has 1 aliphatic rings. The van der Waals surface area contributed by atoms with E-state index >= 15 is 0 Å². The van der Waals surface area contributed by atoms with E-state index in [0.717, 1.165) is 38.4 Å². The molecule has 1 fully saturated rings. The molecule has 1 heterocycles. The SMILES string of the molecule is CCCCC(CC)C(=O)N(C)CCC1CCNCC1. The highest BCUT2D eigenvalue weighted by Crippen LogP contribution is 2.19. The van der Waals surface area contributed by atoms with E-state index in [0.29, 0.717) is 5.91 Å². The molecular weight excluding hydrogens is 236 g/mol. The van der Waals surface area contributed by atoms with Crippen LogP contribution < -0.4 is 5.32 Å². The zero-order valence-corrected chi connectivity index (χ0v) is 13.1. The Morgan fingerprint density at radius 3 is 2.58 bits per heavy atom. The lowest BCUT2D eigenvalue weighted by atomic mass is 9.94. The van der Waals surface area contributed by atoms with Gasteiger partial charge in [0.1, 0.15) is 0 Å². The van der Waals surface area contributed by atoms with Crippen molar-refractivity contribution in [2.45, 2.75) is 58.8 Å². The standard InChI is InChI=1S/C16H32N2O/c1-4-6-7-15(5-2)16(19)18(3)13-10-14-8-11-17-12-9-14/h14-15,17H,4-13H2,1-3H3. The predicted molar refractivity (Wildman–Crippen MR) is 81.2 cm³/mol. The van der Waals surface area contributed by atoms with Gasteiger partial charge in [-0.3, -0.25) is 4.79 Å². The normalized spacial score (nSPS) is 18.3. The molecule has 1 atom stereocenters. The van der Waals surface area contributed by atoms with Crippen LogP contribution in [0, 0.1) is 11.8 Å². The van der Waals surface area contributed by atoms with Gasteiger partial charge in [0.15, 0.2) is 0 Å². The molecule has 112 valence electrons. The molecule has 0 aromatic rings. The van der Waals surface area contributed by atoms with Crippen LogP contribution in [0.5, 0.6) is 0 Å². The molecule has 1 aliphatic heterocycles. The third-order valence-corrected chi connectivity index (χ3v) is 4.46. The molecule has 1 N–H and O–H groups in total. The van der Waals surface area contributed by atoms with Crippen molar-refractivity contribution in [3.8, 4) is 0 Å². The summed E-state index contributed by atoms with van der Waals surface area (Å²) in [5.74, 6) is 1.43. The van der Waals surface area contributed by atoms with Crippen molar-refractivity contribution in [2.24, 2.45) is 11.8 Å². The van der Waals surface area contributed by atoms with E-state index in [4.69, 9.17) is 0 Å². The average Bonchev–Trinajstić information content (AvgIpc) is 2.46. The highest BCUT2D eigenvalue weighted by molar-refractivity contribution is 5.78. The average molecular weight is 268 g/mol. The van der Waals surface area contributed by atoms with Crippen molar-refractivity contribution in [1.29, 1.82) is 0 Å². The summed E-state index contributed by atoms with van der Waals surface area (Å²) in [6.45, 7) is 7.57. The van der Waals surface area contributed by atoms with Crippen LogP contribution in [-0.4, -0.2) is 37.5 Å². The lowest BCUT2D eigenvalue weighted by Gasteiger charge is -2.27. The van der Waals surface area contributed by atoms with E-state index in [1.165, 1.54) is 32.1 Å². The summed E-state index contributed by atoms with van der Waals surface area (Å²) in [4.78, 5) is 14.3. The molecule has 0 radical (unpaired) electrons. The molecule has 1 rings (SSSR count). The minimum Gasteiger partial charge on any atom is -0.346 e. The maximum Gasteiger partial charge on any atom is 0.225 e. The van der Waals surface area contributed by atoms with Crippen LogP contribution in [0.15, 0.2) is 0 Å². The number of carbonyl (C=O) groups excluding carboxylic acids is 1. The van der Waals surface area contributed by atoms with Crippen LogP contribution in [0.2, 0.25) is 0 Å². The third-order valence-electron chi connectivity index (χ3n) is 4.46. The van der Waals surface area contributed by atoms with E-state index in [2.05, 4.69) is 19.2 Å². The molecule has 0 aliphatic carbocycles. The number of piperidine rings is 1. The Hall–Kier alpha value is -0.570. The van der Waals surface area contributed by atoms with E-state index < -0.39 is 0 Å². The first-order chi connectivity index (χ1) is 9.19. The minimum absolute atomic E-state index is 0.248. The van der Waals surface area contributed by atoms with Crippen LogP contribution in [0.1, 0.15) is 58.8 Å². The molecular formula is C16H32N2O. The number of nitrogens with zero attached hydrogens (tertiary/aromatic N) is 1. The van der Waals surface area contributed by atoms with E-state index in [-0.39, 0.29) is 5.92 Å². The molecule has 0 saturated carbocycles. The van der Waals surface area contributed by atoms with Crippen molar-refractivity contribution < 1.29 is 4.79 Å². The molecule has 3 heteroatoms. The van der Waals surface area contributed by atoms with E-state index in [9.17, 15) is 4.79 Å². The molecule has 1 amide bonds. The van der Waals surface area contributed by atoms with Crippen molar-refractivity contribution in [3.63, 3.8) is 0 Å². The van der Waals surface area contributed by atoms with E-state index in [1.807, 2.05) is 11.9 Å². The van der Waals surface area contributed by atoms with Gasteiger partial charge in [-0.1, -0.05) is 26.7 Å². The van der Waals surface area contributed by atoms with Crippen molar-refractivity contribution in [1.82, 2.24) is 10.2 Å². The van der Waals surface area contributed by atoms with Gasteiger partial charge in [0.25, 0.3) is 0 Å². The van der Waals surface area contributed by atoms with Gasteiger partial charge in [0, 0.05) is 19.5 Å². The van der Waals surface area contributed by atoms with Gasteiger partial charge in [-0.05, 0) is 51.1 Å². The maximum absolute atomic E-state index is 12.4.